The first kappa shape index (κ1) is 21.8. The third-order valence-electron chi connectivity index (χ3n) is 5.86. The van der Waals surface area contributed by atoms with Crippen LogP contribution in [0, 0.1) is 5.92 Å². The number of sulfonamides is 1. The van der Waals surface area contributed by atoms with Crippen molar-refractivity contribution in [1.29, 1.82) is 0 Å². The highest BCUT2D eigenvalue weighted by Gasteiger charge is 2.29. The molecule has 1 aromatic rings. The van der Waals surface area contributed by atoms with Gasteiger partial charge in [-0.25, -0.2) is 13.2 Å². The quantitative estimate of drug-likeness (QED) is 0.712. The molecule has 0 spiro atoms. The van der Waals surface area contributed by atoms with E-state index < -0.39 is 22.1 Å². The van der Waals surface area contributed by atoms with Crippen molar-refractivity contribution in [2.75, 3.05) is 13.1 Å². The van der Waals surface area contributed by atoms with Gasteiger partial charge in [0.25, 0.3) is 5.91 Å². The summed E-state index contributed by atoms with van der Waals surface area (Å²) < 4.78 is 32.1. The number of nitrogens with zero attached hydrogens (tertiary/aromatic N) is 1. The lowest BCUT2D eigenvalue weighted by molar-refractivity contribution is -0.130. The number of amides is 1. The summed E-state index contributed by atoms with van der Waals surface area (Å²) in [6.07, 6.45) is 5.01. The van der Waals surface area contributed by atoms with Crippen LogP contribution in [0.4, 0.5) is 0 Å². The molecular formula is C21H30N2O5S. The molecule has 160 valence electrons. The molecule has 0 aromatic heterocycles. The second-order valence-corrected chi connectivity index (χ2v) is 10.0. The summed E-state index contributed by atoms with van der Waals surface area (Å²) in [5, 5.41) is 2.98. The van der Waals surface area contributed by atoms with Gasteiger partial charge in [0.1, 0.15) is 0 Å². The SMILES string of the molecule is C[C@@H](OC(=O)c1cccc(S(=O)(=O)N2CCCC2)c1)C(=O)N[C@H]1CCCC[C@@H]1C. The Labute approximate surface area is 172 Å². The van der Waals surface area contributed by atoms with Crippen LogP contribution >= 0.6 is 0 Å². The number of hydrogen-bond acceptors (Lipinski definition) is 5. The summed E-state index contributed by atoms with van der Waals surface area (Å²) in [5.41, 5.74) is 0.121. The lowest BCUT2D eigenvalue weighted by Crippen LogP contribution is -2.46. The minimum absolute atomic E-state index is 0.0713. The Morgan fingerprint density at radius 1 is 1.14 bits per heavy atom. The Bertz CT molecular complexity index is 848. The Morgan fingerprint density at radius 3 is 2.52 bits per heavy atom. The van der Waals surface area contributed by atoms with E-state index in [1.807, 2.05) is 0 Å². The first-order chi connectivity index (χ1) is 13.8. The second kappa shape index (κ2) is 9.26. The van der Waals surface area contributed by atoms with Gasteiger partial charge in [-0.2, -0.15) is 4.31 Å². The molecule has 2 fully saturated rings. The molecule has 1 saturated carbocycles. The lowest BCUT2D eigenvalue weighted by atomic mass is 9.86. The molecule has 29 heavy (non-hydrogen) atoms. The highest BCUT2D eigenvalue weighted by molar-refractivity contribution is 7.89. The summed E-state index contributed by atoms with van der Waals surface area (Å²) in [4.78, 5) is 25.0. The number of nitrogens with one attached hydrogen (secondary N) is 1. The van der Waals surface area contributed by atoms with Gasteiger partial charge in [-0.3, -0.25) is 4.79 Å². The van der Waals surface area contributed by atoms with E-state index in [-0.39, 0.29) is 22.4 Å². The van der Waals surface area contributed by atoms with E-state index >= 15 is 0 Å². The van der Waals surface area contributed by atoms with Gasteiger partial charge in [0.2, 0.25) is 10.0 Å². The minimum Gasteiger partial charge on any atom is -0.449 e. The van der Waals surface area contributed by atoms with E-state index in [2.05, 4.69) is 12.2 Å². The molecule has 7 nitrogen and oxygen atoms in total. The van der Waals surface area contributed by atoms with Crippen LogP contribution in [-0.2, 0) is 19.6 Å². The first-order valence-corrected chi connectivity index (χ1v) is 11.8. The molecule has 0 unspecified atom stereocenters. The predicted molar refractivity (Wildman–Crippen MR) is 109 cm³/mol. The van der Waals surface area contributed by atoms with E-state index in [0.29, 0.717) is 19.0 Å². The molecule has 1 aliphatic heterocycles. The van der Waals surface area contributed by atoms with Crippen molar-refractivity contribution in [3.8, 4) is 0 Å². The molecule has 1 N–H and O–H groups in total. The van der Waals surface area contributed by atoms with Crippen molar-refractivity contribution >= 4 is 21.9 Å². The predicted octanol–water partition coefficient (Wildman–Crippen LogP) is 2.71. The average molecular weight is 423 g/mol. The molecule has 1 amide bonds. The Hall–Kier alpha value is -1.93. The molecule has 0 radical (unpaired) electrons. The van der Waals surface area contributed by atoms with Crippen LogP contribution in [-0.4, -0.2) is 49.8 Å². The van der Waals surface area contributed by atoms with Crippen LogP contribution in [0.2, 0.25) is 0 Å². The van der Waals surface area contributed by atoms with Crippen molar-refractivity contribution < 1.29 is 22.7 Å². The molecule has 3 rings (SSSR count). The van der Waals surface area contributed by atoms with Gasteiger partial charge < -0.3 is 10.1 Å². The summed E-state index contributed by atoms with van der Waals surface area (Å²) in [7, 11) is -3.62. The van der Waals surface area contributed by atoms with E-state index in [4.69, 9.17) is 4.74 Å². The molecule has 3 atom stereocenters. The molecular weight excluding hydrogens is 392 g/mol. The number of hydrogen-bond donors (Lipinski definition) is 1. The Morgan fingerprint density at radius 2 is 1.83 bits per heavy atom. The second-order valence-electron chi connectivity index (χ2n) is 8.06. The number of carbonyl (C=O) groups is 2. The van der Waals surface area contributed by atoms with E-state index in [0.717, 1.165) is 32.1 Å². The molecule has 2 aliphatic rings. The maximum atomic E-state index is 12.7. The largest absolute Gasteiger partial charge is 0.449 e. The number of carbonyl (C=O) groups excluding carboxylic acids is 2. The maximum Gasteiger partial charge on any atom is 0.338 e. The van der Waals surface area contributed by atoms with Crippen molar-refractivity contribution in [2.24, 2.45) is 5.92 Å². The highest BCUT2D eigenvalue weighted by atomic mass is 32.2. The van der Waals surface area contributed by atoms with Gasteiger partial charge >= 0.3 is 5.97 Å². The van der Waals surface area contributed by atoms with Crippen LogP contribution in [0.3, 0.4) is 0 Å². The summed E-state index contributed by atoms with van der Waals surface area (Å²) in [6, 6.07) is 5.92. The minimum atomic E-state index is -3.62. The highest BCUT2D eigenvalue weighted by Crippen LogP contribution is 2.24. The van der Waals surface area contributed by atoms with Crippen LogP contribution < -0.4 is 5.32 Å². The zero-order valence-corrected chi connectivity index (χ0v) is 17.9. The normalized spacial score (nSPS) is 24.1. The maximum absolute atomic E-state index is 12.7. The monoisotopic (exact) mass is 422 g/mol. The van der Waals surface area contributed by atoms with Crippen LogP contribution in [0.15, 0.2) is 29.2 Å². The molecule has 1 heterocycles. The molecule has 1 aliphatic carbocycles. The molecule has 0 bridgehead atoms. The fraction of sp³-hybridized carbons (Fsp3) is 0.619. The van der Waals surface area contributed by atoms with Crippen molar-refractivity contribution in [2.45, 2.75) is 69.4 Å². The van der Waals surface area contributed by atoms with Gasteiger partial charge in [0.05, 0.1) is 10.5 Å². The third kappa shape index (κ3) is 5.17. The topological polar surface area (TPSA) is 92.8 Å². The fourth-order valence-corrected chi connectivity index (χ4v) is 5.54. The number of esters is 1. The third-order valence-corrected chi connectivity index (χ3v) is 7.76. The van der Waals surface area contributed by atoms with E-state index in [1.165, 1.54) is 41.9 Å². The zero-order valence-electron chi connectivity index (χ0n) is 17.1. The smallest absolute Gasteiger partial charge is 0.338 e. The van der Waals surface area contributed by atoms with E-state index in [9.17, 15) is 18.0 Å². The molecule has 1 saturated heterocycles. The van der Waals surface area contributed by atoms with Crippen molar-refractivity contribution in [3.63, 3.8) is 0 Å². The average Bonchev–Trinajstić information content (AvgIpc) is 3.25. The van der Waals surface area contributed by atoms with Gasteiger partial charge in [-0.15, -0.1) is 0 Å². The zero-order chi connectivity index (χ0) is 21.0. The van der Waals surface area contributed by atoms with E-state index in [1.54, 1.807) is 0 Å². The Kier molecular flexibility index (Phi) is 6.95. The number of benzene rings is 1. The fourth-order valence-electron chi connectivity index (χ4n) is 3.97. The lowest BCUT2D eigenvalue weighted by Gasteiger charge is -2.30. The van der Waals surface area contributed by atoms with Gasteiger partial charge in [0.15, 0.2) is 6.10 Å². The van der Waals surface area contributed by atoms with Gasteiger partial charge in [-0.05, 0) is 56.7 Å². The Balaban J connectivity index is 1.63. The van der Waals surface area contributed by atoms with Crippen molar-refractivity contribution in [1.82, 2.24) is 9.62 Å². The summed E-state index contributed by atoms with van der Waals surface area (Å²) in [6.45, 7) is 4.64. The molecule has 8 heteroatoms. The number of ether oxygens (including phenoxy) is 1. The van der Waals surface area contributed by atoms with Crippen LogP contribution in [0.1, 0.15) is 62.7 Å². The molecule has 1 aromatic carbocycles. The first-order valence-electron chi connectivity index (χ1n) is 10.4. The standard InChI is InChI=1S/C21H30N2O5S/c1-15-8-3-4-11-19(15)22-20(24)16(2)28-21(25)17-9-7-10-18(14-17)29(26,27)23-12-5-6-13-23/h7,9-10,14-16,19H,3-6,8,11-13H2,1-2H3,(H,22,24)/t15-,16+,19-/m0/s1. The van der Waals surface area contributed by atoms with Gasteiger partial charge in [0, 0.05) is 19.1 Å². The summed E-state index contributed by atoms with van der Waals surface area (Å²) in [5.74, 6) is -0.621. The summed E-state index contributed by atoms with van der Waals surface area (Å²) >= 11 is 0. The van der Waals surface area contributed by atoms with Crippen LogP contribution in [0.5, 0.6) is 0 Å². The van der Waals surface area contributed by atoms with Crippen molar-refractivity contribution in [3.05, 3.63) is 29.8 Å². The number of rotatable bonds is 6. The van der Waals surface area contributed by atoms with Crippen LogP contribution in [0.25, 0.3) is 0 Å². The van der Waals surface area contributed by atoms with Gasteiger partial charge in [-0.1, -0.05) is 25.8 Å².